The number of Topliss-reactive ketones (excluding diaryl/α,β-unsaturated/α-hetero) is 1. The maximum Gasteiger partial charge on any atom is 0.416 e. The Labute approximate surface area is 169 Å². The molecule has 1 amide bonds. The first-order valence-electron chi connectivity index (χ1n) is 9.59. The van der Waals surface area contributed by atoms with E-state index in [1.165, 1.54) is 17.4 Å². The third-order valence-electron chi connectivity index (χ3n) is 5.25. The van der Waals surface area contributed by atoms with E-state index in [-0.39, 0.29) is 5.78 Å². The topological polar surface area (TPSA) is 60.9 Å². The summed E-state index contributed by atoms with van der Waals surface area (Å²) in [5.41, 5.74) is 5.22. The van der Waals surface area contributed by atoms with Crippen molar-refractivity contribution in [1.82, 2.24) is 0 Å². The fourth-order valence-corrected chi connectivity index (χ4v) is 3.78. The van der Waals surface area contributed by atoms with Crippen LogP contribution >= 0.6 is 0 Å². The lowest BCUT2D eigenvalue weighted by atomic mass is 10.1. The lowest BCUT2D eigenvalue weighted by molar-refractivity contribution is 0.101. The van der Waals surface area contributed by atoms with Gasteiger partial charge in [0.05, 0.1) is 11.4 Å². The van der Waals surface area contributed by atoms with Crippen LogP contribution in [0.25, 0.3) is 0 Å². The van der Waals surface area contributed by atoms with Gasteiger partial charge in [-0.1, -0.05) is 30.3 Å². The summed E-state index contributed by atoms with van der Waals surface area (Å²) in [5, 5.41) is 9.80. The molecule has 0 aliphatic carbocycles. The number of carbonyl (C=O) groups is 2. The Morgan fingerprint density at radius 1 is 0.966 bits per heavy atom. The summed E-state index contributed by atoms with van der Waals surface area (Å²) < 4.78 is 0. The van der Waals surface area contributed by atoms with Crippen LogP contribution in [-0.2, 0) is 13.0 Å². The van der Waals surface area contributed by atoms with E-state index >= 15 is 0 Å². The van der Waals surface area contributed by atoms with Gasteiger partial charge in [-0.05, 0) is 66.9 Å². The smallest absolute Gasteiger partial charge is 0.416 e. The number of ketones is 1. The van der Waals surface area contributed by atoms with Gasteiger partial charge in [0.2, 0.25) is 0 Å². The van der Waals surface area contributed by atoms with E-state index in [2.05, 4.69) is 17.0 Å². The Hall–Kier alpha value is -3.60. The number of carbonyl (C=O) groups excluding carboxylic acids is 1. The molecule has 29 heavy (non-hydrogen) atoms. The van der Waals surface area contributed by atoms with Gasteiger partial charge in [0.1, 0.15) is 0 Å². The van der Waals surface area contributed by atoms with Gasteiger partial charge in [-0.3, -0.25) is 4.79 Å². The molecule has 4 rings (SSSR count). The number of anilines is 3. The van der Waals surface area contributed by atoms with Crippen LogP contribution < -0.4 is 9.80 Å². The summed E-state index contributed by atoms with van der Waals surface area (Å²) in [7, 11) is 0. The molecule has 0 unspecified atom stereocenters. The number of hydrogen-bond donors (Lipinski definition) is 1. The zero-order valence-electron chi connectivity index (χ0n) is 16.2. The van der Waals surface area contributed by atoms with E-state index in [1.807, 2.05) is 36.4 Å². The van der Waals surface area contributed by atoms with Gasteiger partial charge in [0, 0.05) is 24.3 Å². The Morgan fingerprint density at radius 3 is 2.31 bits per heavy atom. The van der Waals surface area contributed by atoms with Gasteiger partial charge < -0.3 is 10.0 Å². The Morgan fingerprint density at radius 2 is 1.66 bits per heavy atom. The number of nitrogens with zero attached hydrogens (tertiary/aromatic N) is 2. The van der Waals surface area contributed by atoms with Crippen LogP contribution in [0.3, 0.4) is 0 Å². The summed E-state index contributed by atoms with van der Waals surface area (Å²) >= 11 is 0. The molecule has 1 aliphatic rings. The van der Waals surface area contributed by atoms with Gasteiger partial charge >= 0.3 is 6.09 Å². The molecule has 3 aromatic rings. The molecule has 0 bridgehead atoms. The molecule has 0 atom stereocenters. The first kappa shape index (κ1) is 18.7. The molecule has 0 spiro atoms. The van der Waals surface area contributed by atoms with Crippen LogP contribution in [-0.4, -0.2) is 23.5 Å². The quantitative estimate of drug-likeness (QED) is 0.607. The number of fused-ring (bicyclic) bond motifs is 1. The van der Waals surface area contributed by atoms with Gasteiger partial charge in [0.25, 0.3) is 0 Å². The predicted octanol–water partition coefficient (Wildman–Crippen LogP) is 5.27. The molecular formula is C24H22N2O3. The average molecular weight is 386 g/mol. The van der Waals surface area contributed by atoms with Crippen LogP contribution in [0.4, 0.5) is 21.9 Å². The number of benzene rings is 3. The first-order chi connectivity index (χ1) is 14.0. The molecule has 1 heterocycles. The van der Waals surface area contributed by atoms with Crippen molar-refractivity contribution in [3.63, 3.8) is 0 Å². The average Bonchev–Trinajstić information content (AvgIpc) is 3.11. The highest BCUT2D eigenvalue weighted by Gasteiger charge is 2.23. The third kappa shape index (κ3) is 3.85. The highest BCUT2D eigenvalue weighted by Crippen LogP contribution is 2.35. The Balaban J connectivity index is 1.61. The maximum atomic E-state index is 12.0. The number of hydrogen-bond acceptors (Lipinski definition) is 3. The number of amides is 1. The minimum atomic E-state index is -1.06. The van der Waals surface area contributed by atoms with Crippen molar-refractivity contribution in [2.45, 2.75) is 19.9 Å². The fraction of sp³-hybridized carbons (Fsp3) is 0.167. The fourth-order valence-electron chi connectivity index (χ4n) is 3.78. The van der Waals surface area contributed by atoms with Crippen molar-refractivity contribution < 1.29 is 14.7 Å². The molecule has 1 N–H and O–H groups in total. The largest absolute Gasteiger partial charge is 0.464 e. The van der Waals surface area contributed by atoms with Gasteiger partial charge in [0.15, 0.2) is 5.78 Å². The highest BCUT2D eigenvalue weighted by atomic mass is 16.4. The summed E-state index contributed by atoms with van der Waals surface area (Å²) in [6.07, 6.45) is -0.174. The van der Waals surface area contributed by atoms with Crippen LogP contribution in [0, 0.1) is 0 Å². The Kier molecular flexibility index (Phi) is 5.04. The summed E-state index contributed by atoms with van der Waals surface area (Å²) in [4.78, 5) is 27.0. The minimum absolute atomic E-state index is 0.0468. The summed E-state index contributed by atoms with van der Waals surface area (Å²) in [5.74, 6) is -0.0468. The van der Waals surface area contributed by atoms with Crippen LogP contribution in [0.15, 0.2) is 72.8 Å². The molecule has 0 radical (unpaired) electrons. The van der Waals surface area contributed by atoms with E-state index in [4.69, 9.17) is 0 Å². The van der Waals surface area contributed by atoms with Gasteiger partial charge in [-0.15, -0.1) is 0 Å². The molecule has 0 saturated heterocycles. The Bertz CT molecular complexity index is 1050. The monoisotopic (exact) mass is 386 g/mol. The van der Waals surface area contributed by atoms with E-state index < -0.39 is 6.09 Å². The number of carboxylic acid groups (broad SMARTS) is 1. The minimum Gasteiger partial charge on any atom is -0.464 e. The third-order valence-corrected chi connectivity index (χ3v) is 5.25. The van der Waals surface area contributed by atoms with E-state index in [0.29, 0.717) is 16.9 Å². The lowest BCUT2D eigenvalue weighted by Gasteiger charge is -2.22. The molecule has 0 aromatic heterocycles. The molecule has 146 valence electrons. The standard InChI is InChI=1S/C24H22N2O3/c1-17(27)19-7-9-21(10-8-19)26(24(28)29)22-11-12-23-20(15-22)13-14-25(23)16-18-5-3-2-4-6-18/h2-12,15H,13-14,16H2,1H3,(H,28,29). The van der Waals surface area contributed by atoms with Gasteiger partial charge in [-0.25, -0.2) is 9.69 Å². The molecule has 5 heteroatoms. The normalized spacial score (nSPS) is 12.5. The van der Waals surface area contributed by atoms with E-state index in [1.54, 1.807) is 24.3 Å². The van der Waals surface area contributed by atoms with Crippen LogP contribution in [0.1, 0.15) is 28.4 Å². The summed E-state index contributed by atoms with van der Waals surface area (Å²) in [6.45, 7) is 3.24. The van der Waals surface area contributed by atoms with Crippen molar-refractivity contribution in [2.24, 2.45) is 0 Å². The molecule has 0 saturated carbocycles. The SMILES string of the molecule is CC(=O)c1ccc(N(C(=O)O)c2ccc3c(c2)CCN3Cc2ccccc2)cc1. The van der Waals surface area contributed by atoms with Crippen molar-refractivity contribution in [1.29, 1.82) is 0 Å². The first-order valence-corrected chi connectivity index (χ1v) is 9.59. The van der Waals surface area contributed by atoms with Crippen molar-refractivity contribution in [2.75, 3.05) is 16.3 Å². The van der Waals surface area contributed by atoms with Gasteiger partial charge in [-0.2, -0.15) is 0 Å². The zero-order chi connectivity index (χ0) is 20.4. The van der Waals surface area contributed by atoms with Crippen LogP contribution in [0.5, 0.6) is 0 Å². The maximum absolute atomic E-state index is 12.0. The van der Waals surface area contributed by atoms with E-state index in [9.17, 15) is 14.7 Å². The number of rotatable bonds is 5. The second kappa shape index (κ2) is 7.80. The van der Waals surface area contributed by atoms with Crippen molar-refractivity contribution in [3.8, 4) is 0 Å². The van der Waals surface area contributed by atoms with Crippen molar-refractivity contribution in [3.05, 3.63) is 89.5 Å². The predicted molar refractivity (Wildman–Crippen MR) is 114 cm³/mol. The summed E-state index contributed by atoms with van der Waals surface area (Å²) in [6, 6.07) is 22.8. The highest BCUT2D eigenvalue weighted by molar-refractivity contribution is 5.97. The molecule has 3 aromatic carbocycles. The zero-order valence-corrected chi connectivity index (χ0v) is 16.2. The van der Waals surface area contributed by atoms with Crippen LogP contribution in [0.2, 0.25) is 0 Å². The van der Waals surface area contributed by atoms with Crippen molar-refractivity contribution >= 4 is 28.9 Å². The molecule has 1 aliphatic heterocycles. The van der Waals surface area contributed by atoms with E-state index in [0.717, 1.165) is 30.8 Å². The molecular weight excluding hydrogens is 364 g/mol. The lowest BCUT2D eigenvalue weighted by Crippen LogP contribution is -2.24. The molecule has 5 nitrogen and oxygen atoms in total. The second-order valence-electron chi connectivity index (χ2n) is 7.19. The second-order valence-corrected chi connectivity index (χ2v) is 7.19. The molecule has 0 fully saturated rings.